The minimum atomic E-state index is -1.21. The Morgan fingerprint density at radius 1 is 0.933 bits per heavy atom. The normalized spacial score (nSPS) is 25.6. The Bertz CT molecular complexity index is 2340. The van der Waals surface area contributed by atoms with Crippen molar-refractivity contribution < 1.29 is 96.6 Å². The number of para-hydroxylation sites is 1. The smallest absolute Gasteiger partial charge is 0.407 e. The third-order valence-electron chi connectivity index (χ3n) is 14.9. The molecular formula is C54H81AcN8O11S-. The minimum Gasteiger partial charge on any atom is -0.652 e. The number of hydrogen-bond acceptors (Lipinski definition) is 12. The van der Waals surface area contributed by atoms with Gasteiger partial charge in [0, 0.05) is 79.4 Å². The van der Waals surface area contributed by atoms with Crippen molar-refractivity contribution in [2.24, 2.45) is 23.7 Å². The number of alkyl carbamates (subject to hydrolysis) is 1. The molecule has 1 saturated carbocycles. The van der Waals surface area contributed by atoms with Gasteiger partial charge in [-0.05, 0) is 95.3 Å². The predicted octanol–water partition coefficient (Wildman–Crippen LogP) is 5.11. The number of ether oxygens (including phenoxy) is 4. The zero-order valence-electron chi connectivity index (χ0n) is 45.5. The molecule has 0 bridgehead atoms. The van der Waals surface area contributed by atoms with Gasteiger partial charge in [-0.1, -0.05) is 83.4 Å². The van der Waals surface area contributed by atoms with E-state index in [1.807, 2.05) is 58.2 Å². The van der Waals surface area contributed by atoms with Crippen LogP contribution < -0.4 is 31.9 Å². The first kappa shape index (κ1) is 62.1. The number of aromatic amines is 1. The van der Waals surface area contributed by atoms with Crippen molar-refractivity contribution >= 4 is 64.3 Å². The first-order valence-corrected chi connectivity index (χ1v) is 27.8. The molecule has 3 aliphatic heterocycles. The molecule has 413 valence electrons. The molecule has 1 aliphatic carbocycles. The van der Waals surface area contributed by atoms with Gasteiger partial charge in [0.25, 0.3) is 0 Å². The number of nitrogens with zero attached hydrogens (tertiary/aromatic N) is 1. The molecule has 1 radical (unpaired) electrons. The number of benzene rings is 1. The van der Waals surface area contributed by atoms with Gasteiger partial charge in [0.1, 0.15) is 36.9 Å². The number of amides is 6. The second-order valence-electron chi connectivity index (χ2n) is 21.8. The van der Waals surface area contributed by atoms with Crippen molar-refractivity contribution in [3.63, 3.8) is 0 Å². The average Bonchev–Trinajstić information content (AvgIpc) is 4.08. The minimum absolute atomic E-state index is 0. The zero-order chi connectivity index (χ0) is 53.9. The van der Waals surface area contributed by atoms with Gasteiger partial charge >= 0.3 is 12.1 Å². The Morgan fingerprint density at radius 3 is 2.31 bits per heavy atom. The van der Waals surface area contributed by atoms with Crippen LogP contribution >= 0.6 is 11.8 Å². The standard InChI is InChI=1S/C54H81N8O11S.Ac/c1-30(2)17-18-44-53(9,73-44)46-33(7)43(19-21-54(46)29-71-54)72-52(69)62-42(32(5)6)28-70-51(68)34(8)58-50(67)41(25-35-26-56-37-15-12-11-14-36(35)37)61-49(66)39(20-23-74-10)59-45(63)27-57-47(64)40(24-31(3)4)60-48(65)38-16-13-22-55-38;/h11-12,14-15,17,26,31-34,38-44,46,56H,13,16,18-25,27-29H2,1-10H3,(H,57,64)(H,58,67)(H,59,63)(H,60,65)(H,61,66)(H,62,69);/q-1;/t33-,34+,38+,39+,40+,41+,42+,43-,44-,46?,53+,54+;/m1./s1. The molecule has 19 nitrogen and oxygen atoms in total. The predicted molar refractivity (Wildman–Crippen MR) is 283 cm³/mol. The van der Waals surface area contributed by atoms with Crippen LogP contribution in [0.25, 0.3) is 16.2 Å². The van der Waals surface area contributed by atoms with E-state index >= 15 is 0 Å². The molecule has 7 N–H and O–H groups in total. The van der Waals surface area contributed by atoms with E-state index in [9.17, 15) is 33.6 Å². The molecule has 4 heterocycles. The molecule has 3 saturated heterocycles. The second kappa shape index (κ2) is 28.2. The molecule has 21 heteroatoms. The maximum atomic E-state index is 14.2. The number of carbonyl (C=O) groups excluding carboxylic acids is 7. The van der Waals surface area contributed by atoms with Gasteiger partial charge < -0.3 is 61.1 Å². The van der Waals surface area contributed by atoms with Gasteiger partial charge in [-0.25, -0.2) is 9.59 Å². The van der Waals surface area contributed by atoms with Crippen molar-refractivity contribution in [1.82, 2.24) is 36.9 Å². The Hall–Kier alpha value is -3.74. The second-order valence-corrected chi connectivity index (χ2v) is 22.8. The molecule has 1 aromatic heterocycles. The quantitative estimate of drug-likeness (QED) is 0.0368. The third kappa shape index (κ3) is 17.1. The molecule has 4 fully saturated rings. The number of aromatic nitrogens is 1. The largest absolute Gasteiger partial charge is 0.652 e. The van der Waals surface area contributed by atoms with Crippen LogP contribution in [0.1, 0.15) is 113 Å². The summed E-state index contributed by atoms with van der Waals surface area (Å²) in [5, 5.41) is 21.7. The van der Waals surface area contributed by atoms with Gasteiger partial charge in [-0.2, -0.15) is 11.8 Å². The van der Waals surface area contributed by atoms with Gasteiger partial charge in [0.2, 0.25) is 29.5 Å². The third-order valence-corrected chi connectivity index (χ3v) is 15.6. The summed E-state index contributed by atoms with van der Waals surface area (Å²) in [6, 6.07) is 2.04. The fraction of sp³-hybridized carbons (Fsp3) is 0.685. The van der Waals surface area contributed by atoms with E-state index in [1.165, 1.54) is 24.3 Å². The average molecular weight is 1280 g/mol. The van der Waals surface area contributed by atoms with E-state index in [2.05, 4.69) is 76.0 Å². The van der Waals surface area contributed by atoms with Crippen LogP contribution in [0.5, 0.6) is 0 Å². The number of nitrogens with one attached hydrogen (secondary N) is 7. The number of fused-ring (bicyclic) bond motifs is 1. The number of H-pyrrole nitrogens is 1. The van der Waals surface area contributed by atoms with Crippen molar-refractivity contribution in [2.75, 3.05) is 38.3 Å². The molecule has 6 rings (SSSR count). The van der Waals surface area contributed by atoms with Crippen molar-refractivity contribution in [3.05, 3.63) is 53.0 Å². The number of epoxide rings is 2. The fourth-order valence-electron chi connectivity index (χ4n) is 10.5. The van der Waals surface area contributed by atoms with Crippen molar-refractivity contribution in [2.45, 2.75) is 173 Å². The fourth-order valence-corrected chi connectivity index (χ4v) is 11.0. The maximum Gasteiger partial charge on any atom is 0.407 e. The summed E-state index contributed by atoms with van der Waals surface area (Å²) < 4.78 is 24.2. The molecule has 12 atom stereocenters. The molecule has 1 unspecified atom stereocenters. The van der Waals surface area contributed by atoms with Crippen LogP contribution in [-0.2, 0) is 54.1 Å². The van der Waals surface area contributed by atoms with E-state index in [0.717, 1.165) is 35.7 Å². The Morgan fingerprint density at radius 2 is 1.65 bits per heavy atom. The van der Waals surface area contributed by atoms with E-state index in [1.54, 1.807) is 6.20 Å². The number of thioether (sulfide) groups is 1. The van der Waals surface area contributed by atoms with E-state index in [-0.39, 0.29) is 116 Å². The molecule has 1 aromatic carbocycles. The van der Waals surface area contributed by atoms with Gasteiger partial charge in [-0.15, -0.1) is 6.54 Å². The summed E-state index contributed by atoms with van der Waals surface area (Å²) in [5.74, 6) is -3.17. The number of rotatable bonds is 26. The zero-order valence-corrected chi connectivity index (χ0v) is 51.1. The Balaban J connectivity index is 0.0000104. The topological polar surface area (TPSA) is 265 Å². The summed E-state index contributed by atoms with van der Waals surface area (Å²) in [7, 11) is 0. The van der Waals surface area contributed by atoms with E-state index in [0.29, 0.717) is 38.2 Å². The number of allylic oxidation sites excluding steroid dienone is 1. The van der Waals surface area contributed by atoms with Crippen molar-refractivity contribution in [3.8, 4) is 0 Å². The maximum absolute atomic E-state index is 14.2. The summed E-state index contributed by atoms with van der Waals surface area (Å²) in [6.07, 6.45) is 9.09. The van der Waals surface area contributed by atoms with E-state index in [4.69, 9.17) is 18.9 Å². The molecule has 75 heavy (non-hydrogen) atoms. The van der Waals surface area contributed by atoms with E-state index < -0.39 is 78.5 Å². The first-order chi connectivity index (χ1) is 35.1. The SMILES string of the molecule is CSCC[C@H](NC(=O)CNC(=O)[C@H](CC(C)C)NC(=O)[C@@H]1CCC[N-]1)C(=O)N[C@@H](Cc1c[nH]c2ccccc12)C(=O)N[C@@H](C)C(=O)OC[C@H](NC(=O)O[C@@H]1CC[C@]2(CO2)C([C@@]2(C)O[C@@H]2CC=C(C)C)[C@@H]1C)C(C)C.[Ac]. The van der Waals surface area contributed by atoms with Crippen LogP contribution in [0.15, 0.2) is 42.1 Å². The summed E-state index contributed by atoms with van der Waals surface area (Å²) >= 11 is 1.46. The Labute approximate surface area is 482 Å². The molecule has 4 aliphatic rings. The summed E-state index contributed by atoms with van der Waals surface area (Å²) in [5.41, 5.74) is 2.13. The molecular weight excluding hydrogens is 1200 g/mol. The monoisotopic (exact) mass is 1280 g/mol. The van der Waals surface area contributed by atoms with Crippen molar-refractivity contribution in [1.29, 1.82) is 0 Å². The van der Waals surface area contributed by atoms with Gasteiger partial charge in [0.05, 0.1) is 36.5 Å². The van der Waals surface area contributed by atoms with Crippen LogP contribution in [0.2, 0.25) is 0 Å². The van der Waals surface area contributed by atoms with Gasteiger partial charge in [0.15, 0.2) is 0 Å². The van der Waals surface area contributed by atoms with Crippen LogP contribution in [0.3, 0.4) is 0 Å². The number of carbonyl (C=O) groups is 7. The van der Waals surface area contributed by atoms with Crippen LogP contribution in [0, 0.1) is 67.7 Å². The Kier molecular flexibility index (Phi) is 23.4. The van der Waals surface area contributed by atoms with Crippen LogP contribution in [-0.4, -0.2) is 145 Å². The molecule has 1 spiro atoms. The summed E-state index contributed by atoms with van der Waals surface area (Å²) in [6.45, 7) is 18.1. The number of esters is 1. The first-order valence-electron chi connectivity index (χ1n) is 26.4. The van der Waals surface area contributed by atoms with Crippen LogP contribution in [0.4, 0.5) is 4.79 Å². The van der Waals surface area contributed by atoms with Gasteiger partial charge in [-0.3, -0.25) is 24.0 Å². The molecule has 6 amide bonds. The number of hydrogen-bond donors (Lipinski definition) is 7. The molecule has 2 aromatic rings. The summed E-state index contributed by atoms with van der Waals surface area (Å²) in [4.78, 5) is 98.1.